The quantitative estimate of drug-likeness (QED) is 0.764. The minimum atomic E-state index is -2.93. The molecule has 1 aliphatic carbocycles. The molecule has 2 fully saturated rings. The normalized spacial score (nSPS) is 25.0. The van der Waals surface area contributed by atoms with Crippen LogP contribution < -0.4 is 0 Å². The van der Waals surface area contributed by atoms with Crippen molar-refractivity contribution in [3.8, 4) is 0 Å². The van der Waals surface area contributed by atoms with Crippen molar-refractivity contribution in [3.63, 3.8) is 0 Å². The zero-order valence-electron chi connectivity index (χ0n) is 13.1. The van der Waals surface area contributed by atoms with Gasteiger partial charge in [0.2, 0.25) is 0 Å². The van der Waals surface area contributed by atoms with Gasteiger partial charge in [-0.1, -0.05) is 19.8 Å². The van der Waals surface area contributed by atoms with Crippen LogP contribution in [0.25, 0.3) is 0 Å². The van der Waals surface area contributed by atoms with Crippen LogP contribution in [0.15, 0.2) is 0 Å². The Morgan fingerprint density at radius 2 is 1.86 bits per heavy atom. The van der Waals surface area contributed by atoms with Crippen LogP contribution in [0.3, 0.4) is 0 Å². The topological polar surface area (TPSA) is 66.8 Å². The van der Waals surface area contributed by atoms with Crippen molar-refractivity contribution >= 4 is 9.84 Å². The van der Waals surface area contributed by atoms with E-state index in [1.54, 1.807) is 6.92 Å². The van der Waals surface area contributed by atoms with Crippen molar-refractivity contribution in [2.24, 2.45) is 0 Å². The molecule has 1 atom stereocenters. The summed E-state index contributed by atoms with van der Waals surface area (Å²) in [5, 5.41) is 10.7. The first kappa shape index (κ1) is 17.2. The van der Waals surface area contributed by atoms with E-state index in [2.05, 4.69) is 4.90 Å². The standard InChI is InChI=1S/C15H29NO4S/c1-2-21(18,19)13-5-6-14(17)15(7-3-4-8-15)16-9-11-20-12-10-16/h14,17H,2-13H2,1H3. The Morgan fingerprint density at radius 1 is 1.24 bits per heavy atom. The Hall–Kier alpha value is -0.170. The van der Waals surface area contributed by atoms with Gasteiger partial charge >= 0.3 is 0 Å². The molecule has 2 rings (SSSR count). The number of hydrogen-bond acceptors (Lipinski definition) is 5. The van der Waals surface area contributed by atoms with E-state index in [-0.39, 0.29) is 17.0 Å². The molecule has 2 aliphatic rings. The van der Waals surface area contributed by atoms with Gasteiger partial charge in [0.05, 0.1) is 25.1 Å². The van der Waals surface area contributed by atoms with E-state index < -0.39 is 15.9 Å². The average Bonchev–Trinajstić information content (AvgIpc) is 2.99. The Balaban J connectivity index is 1.94. The summed E-state index contributed by atoms with van der Waals surface area (Å²) in [6.45, 7) is 4.91. The van der Waals surface area contributed by atoms with Crippen LogP contribution >= 0.6 is 0 Å². The minimum Gasteiger partial charge on any atom is -0.391 e. The first-order valence-electron chi connectivity index (χ1n) is 8.21. The second-order valence-corrected chi connectivity index (χ2v) is 8.78. The maximum atomic E-state index is 11.6. The van der Waals surface area contributed by atoms with Gasteiger partial charge in [-0.3, -0.25) is 4.90 Å². The van der Waals surface area contributed by atoms with Gasteiger partial charge in [-0.2, -0.15) is 0 Å². The number of nitrogens with zero attached hydrogens (tertiary/aromatic N) is 1. The molecule has 1 N–H and O–H groups in total. The number of ether oxygens (including phenoxy) is 1. The summed E-state index contributed by atoms with van der Waals surface area (Å²) < 4.78 is 28.6. The molecule has 124 valence electrons. The number of aliphatic hydroxyl groups excluding tert-OH is 1. The molecule has 0 spiro atoms. The smallest absolute Gasteiger partial charge is 0.150 e. The Morgan fingerprint density at radius 3 is 2.43 bits per heavy atom. The van der Waals surface area contributed by atoms with E-state index in [1.165, 1.54) is 0 Å². The van der Waals surface area contributed by atoms with Gasteiger partial charge in [-0.25, -0.2) is 8.42 Å². The fourth-order valence-corrected chi connectivity index (χ4v) is 4.66. The molecule has 1 unspecified atom stereocenters. The summed E-state index contributed by atoms with van der Waals surface area (Å²) >= 11 is 0. The lowest BCUT2D eigenvalue weighted by Crippen LogP contribution is -2.58. The predicted octanol–water partition coefficient (Wildman–Crippen LogP) is 1.21. The second kappa shape index (κ2) is 7.40. The van der Waals surface area contributed by atoms with E-state index in [0.717, 1.165) is 52.0 Å². The van der Waals surface area contributed by atoms with Gasteiger partial charge in [0.25, 0.3) is 0 Å². The number of aliphatic hydroxyl groups is 1. The van der Waals surface area contributed by atoms with Crippen LogP contribution in [-0.4, -0.2) is 67.9 Å². The molecule has 1 saturated heterocycles. The molecule has 0 bridgehead atoms. The van der Waals surface area contributed by atoms with Gasteiger partial charge in [0, 0.05) is 24.4 Å². The van der Waals surface area contributed by atoms with Crippen molar-refractivity contribution in [3.05, 3.63) is 0 Å². The van der Waals surface area contributed by atoms with Crippen molar-refractivity contribution in [2.75, 3.05) is 37.8 Å². The average molecular weight is 319 g/mol. The summed E-state index contributed by atoms with van der Waals surface area (Å²) in [4.78, 5) is 2.39. The van der Waals surface area contributed by atoms with Crippen molar-refractivity contribution in [1.82, 2.24) is 4.90 Å². The largest absolute Gasteiger partial charge is 0.391 e. The molecule has 0 amide bonds. The minimum absolute atomic E-state index is 0.139. The molecule has 21 heavy (non-hydrogen) atoms. The Kier molecular flexibility index (Phi) is 6.05. The van der Waals surface area contributed by atoms with Crippen LogP contribution in [0.2, 0.25) is 0 Å². The molecule has 0 aromatic carbocycles. The number of morpholine rings is 1. The maximum Gasteiger partial charge on any atom is 0.150 e. The molecule has 0 aromatic heterocycles. The molecule has 5 nitrogen and oxygen atoms in total. The lowest BCUT2D eigenvalue weighted by molar-refractivity contribution is -0.0779. The molecule has 0 aromatic rings. The molecule has 1 heterocycles. The van der Waals surface area contributed by atoms with Crippen LogP contribution in [0, 0.1) is 0 Å². The molecular weight excluding hydrogens is 290 g/mol. The fraction of sp³-hybridized carbons (Fsp3) is 1.00. The molecule has 0 radical (unpaired) electrons. The van der Waals surface area contributed by atoms with Gasteiger partial charge in [-0.15, -0.1) is 0 Å². The molecule has 1 saturated carbocycles. The molecular formula is C15H29NO4S. The van der Waals surface area contributed by atoms with Crippen molar-refractivity contribution < 1.29 is 18.3 Å². The molecule has 6 heteroatoms. The first-order valence-corrected chi connectivity index (χ1v) is 10.0. The van der Waals surface area contributed by atoms with E-state index in [0.29, 0.717) is 12.8 Å². The van der Waals surface area contributed by atoms with Crippen LogP contribution in [0.5, 0.6) is 0 Å². The first-order chi connectivity index (χ1) is 10.0. The van der Waals surface area contributed by atoms with Gasteiger partial charge in [0.1, 0.15) is 9.84 Å². The lowest BCUT2D eigenvalue weighted by atomic mass is 9.85. The van der Waals surface area contributed by atoms with Crippen LogP contribution in [0.4, 0.5) is 0 Å². The summed E-state index contributed by atoms with van der Waals surface area (Å²) in [6.07, 6.45) is 5.07. The van der Waals surface area contributed by atoms with Gasteiger partial charge in [0.15, 0.2) is 0 Å². The van der Waals surface area contributed by atoms with Gasteiger partial charge in [-0.05, 0) is 25.7 Å². The Bertz CT molecular complexity index is 411. The predicted molar refractivity (Wildman–Crippen MR) is 83.2 cm³/mol. The third-order valence-corrected chi connectivity index (χ3v) is 6.89. The fourth-order valence-electron chi connectivity index (χ4n) is 3.77. The zero-order valence-corrected chi connectivity index (χ0v) is 13.9. The highest BCUT2D eigenvalue weighted by molar-refractivity contribution is 7.91. The second-order valence-electron chi connectivity index (χ2n) is 6.30. The number of hydrogen-bond donors (Lipinski definition) is 1. The highest BCUT2D eigenvalue weighted by Gasteiger charge is 2.45. The van der Waals surface area contributed by atoms with E-state index in [9.17, 15) is 13.5 Å². The van der Waals surface area contributed by atoms with Crippen molar-refractivity contribution in [2.45, 2.75) is 57.1 Å². The SMILES string of the molecule is CCS(=O)(=O)CCCC(O)C1(N2CCOCC2)CCCC1. The zero-order chi connectivity index (χ0) is 15.3. The van der Waals surface area contributed by atoms with Gasteiger partial charge < -0.3 is 9.84 Å². The maximum absolute atomic E-state index is 11.6. The van der Waals surface area contributed by atoms with E-state index >= 15 is 0 Å². The third-order valence-electron chi connectivity index (χ3n) is 5.10. The van der Waals surface area contributed by atoms with Crippen LogP contribution in [0.1, 0.15) is 45.4 Å². The number of sulfone groups is 1. The van der Waals surface area contributed by atoms with E-state index in [1.807, 2.05) is 0 Å². The summed E-state index contributed by atoms with van der Waals surface area (Å²) in [7, 11) is -2.93. The summed E-state index contributed by atoms with van der Waals surface area (Å²) in [6, 6.07) is 0. The van der Waals surface area contributed by atoms with Crippen molar-refractivity contribution in [1.29, 1.82) is 0 Å². The summed E-state index contributed by atoms with van der Waals surface area (Å²) in [5.41, 5.74) is -0.139. The monoisotopic (exact) mass is 319 g/mol. The summed E-state index contributed by atoms with van der Waals surface area (Å²) in [5.74, 6) is 0.386. The number of rotatable bonds is 7. The third kappa shape index (κ3) is 4.18. The Labute approximate surface area is 128 Å². The lowest BCUT2D eigenvalue weighted by Gasteiger charge is -2.46. The van der Waals surface area contributed by atoms with Crippen LogP contribution in [-0.2, 0) is 14.6 Å². The molecule has 1 aliphatic heterocycles. The highest BCUT2D eigenvalue weighted by atomic mass is 32.2. The van der Waals surface area contributed by atoms with E-state index in [4.69, 9.17) is 4.74 Å². The highest BCUT2D eigenvalue weighted by Crippen LogP contribution is 2.40.